The minimum Gasteiger partial charge on any atom is -0.494 e. The van der Waals surface area contributed by atoms with Crippen molar-refractivity contribution in [1.29, 1.82) is 0 Å². The molecule has 21 heavy (non-hydrogen) atoms. The summed E-state index contributed by atoms with van der Waals surface area (Å²) in [5.74, 6) is 0.749. The van der Waals surface area contributed by atoms with Gasteiger partial charge in [-0.2, -0.15) is 0 Å². The number of carbonyl (C=O) groups excluding carboxylic acids is 1. The van der Waals surface area contributed by atoms with E-state index in [1.54, 1.807) is 0 Å². The van der Waals surface area contributed by atoms with Crippen LogP contribution >= 0.6 is 22.6 Å². The van der Waals surface area contributed by atoms with Crippen molar-refractivity contribution in [2.45, 2.75) is 6.92 Å². The SMILES string of the molecule is CCOc1ccc(NCC(=O)Nc2ccccc2I)cc1. The number of hydrogen-bond acceptors (Lipinski definition) is 3. The van der Waals surface area contributed by atoms with Gasteiger partial charge in [-0.25, -0.2) is 0 Å². The van der Waals surface area contributed by atoms with E-state index in [0.717, 1.165) is 20.7 Å². The van der Waals surface area contributed by atoms with Gasteiger partial charge in [0.1, 0.15) is 5.75 Å². The number of carbonyl (C=O) groups is 1. The maximum absolute atomic E-state index is 11.9. The lowest BCUT2D eigenvalue weighted by atomic mass is 10.3. The maximum Gasteiger partial charge on any atom is 0.243 e. The predicted molar refractivity (Wildman–Crippen MR) is 93.9 cm³/mol. The Morgan fingerprint density at radius 3 is 2.52 bits per heavy atom. The van der Waals surface area contributed by atoms with Crippen LogP contribution in [-0.4, -0.2) is 19.1 Å². The zero-order valence-electron chi connectivity index (χ0n) is 11.7. The number of amides is 1. The number of halogens is 1. The second-order valence-corrected chi connectivity index (χ2v) is 5.50. The molecule has 2 aromatic rings. The lowest BCUT2D eigenvalue weighted by Crippen LogP contribution is -2.22. The van der Waals surface area contributed by atoms with Gasteiger partial charge in [-0.15, -0.1) is 0 Å². The average Bonchev–Trinajstić information content (AvgIpc) is 2.49. The molecule has 2 N–H and O–H groups in total. The molecule has 0 unspecified atom stereocenters. The molecule has 0 spiro atoms. The van der Waals surface area contributed by atoms with Gasteiger partial charge < -0.3 is 15.4 Å². The van der Waals surface area contributed by atoms with Crippen LogP contribution in [-0.2, 0) is 4.79 Å². The summed E-state index contributed by atoms with van der Waals surface area (Å²) in [6.45, 7) is 2.81. The summed E-state index contributed by atoms with van der Waals surface area (Å²) in [5, 5.41) is 5.96. The predicted octanol–water partition coefficient (Wildman–Crippen LogP) is 3.74. The molecule has 2 aromatic carbocycles. The second-order valence-electron chi connectivity index (χ2n) is 4.34. The van der Waals surface area contributed by atoms with E-state index in [1.807, 2.05) is 55.5 Å². The van der Waals surface area contributed by atoms with Gasteiger partial charge in [0.15, 0.2) is 0 Å². The van der Waals surface area contributed by atoms with Crippen LogP contribution in [0.3, 0.4) is 0 Å². The Hall–Kier alpha value is -1.76. The Bertz CT molecular complexity index is 599. The van der Waals surface area contributed by atoms with Crippen LogP contribution in [0.1, 0.15) is 6.92 Å². The van der Waals surface area contributed by atoms with E-state index in [4.69, 9.17) is 4.74 Å². The molecule has 0 fully saturated rings. The van der Waals surface area contributed by atoms with Crippen molar-refractivity contribution in [3.05, 3.63) is 52.1 Å². The second kappa shape index (κ2) is 7.87. The standard InChI is InChI=1S/C16H17IN2O2/c1-2-21-13-9-7-12(8-10-13)18-11-16(20)19-15-6-4-3-5-14(15)17/h3-10,18H,2,11H2,1H3,(H,19,20). The van der Waals surface area contributed by atoms with Crippen LogP contribution in [0.5, 0.6) is 5.75 Å². The smallest absolute Gasteiger partial charge is 0.243 e. The van der Waals surface area contributed by atoms with Crippen molar-refractivity contribution in [1.82, 2.24) is 0 Å². The van der Waals surface area contributed by atoms with E-state index >= 15 is 0 Å². The summed E-state index contributed by atoms with van der Waals surface area (Å²) in [6, 6.07) is 15.2. The zero-order chi connectivity index (χ0) is 15.1. The molecule has 0 aromatic heterocycles. The molecule has 0 aliphatic heterocycles. The molecule has 0 aliphatic carbocycles. The topological polar surface area (TPSA) is 50.4 Å². The van der Waals surface area contributed by atoms with Crippen LogP contribution in [0, 0.1) is 3.57 Å². The van der Waals surface area contributed by atoms with Crippen molar-refractivity contribution in [2.24, 2.45) is 0 Å². The van der Waals surface area contributed by atoms with E-state index in [1.165, 1.54) is 0 Å². The van der Waals surface area contributed by atoms with Crippen LogP contribution in [0.4, 0.5) is 11.4 Å². The Kier molecular flexibility index (Phi) is 5.86. The van der Waals surface area contributed by atoms with Gasteiger partial charge in [0.25, 0.3) is 0 Å². The first kappa shape index (κ1) is 15.6. The highest BCUT2D eigenvalue weighted by Crippen LogP contribution is 2.17. The first-order valence-corrected chi connectivity index (χ1v) is 7.78. The minimum absolute atomic E-state index is 0.0759. The van der Waals surface area contributed by atoms with E-state index in [-0.39, 0.29) is 12.5 Å². The summed E-state index contributed by atoms with van der Waals surface area (Å²) in [7, 11) is 0. The van der Waals surface area contributed by atoms with Gasteiger partial charge in [-0.3, -0.25) is 4.79 Å². The summed E-state index contributed by atoms with van der Waals surface area (Å²) in [4.78, 5) is 11.9. The number of nitrogens with one attached hydrogen (secondary N) is 2. The molecule has 4 nitrogen and oxygen atoms in total. The Labute approximate surface area is 138 Å². The minimum atomic E-state index is -0.0759. The largest absolute Gasteiger partial charge is 0.494 e. The summed E-state index contributed by atoms with van der Waals surface area (Å²) >= 11 is 2.20. The normalized spacial score (nSPS) is 10.0. The van der Waals surface area contributed by atoms with E-state index in [9.17, 15) is 4.79 Å². The van der Waals surface area contributed by atoms with E-state index in [2.05, 4.69) is 33.2 Å². The molecule has 0 radical (unpaired) electrons. The van der Waals surface area contributed by atoms with Crippen molar-refractivity contribution in [3.63, 3.8) is 0 Å². The highest BCUT2D eigenvalue weighted by Gasteiger charge is 2.04. The van der Waals surface area contributed by atoms with Crippen LogP contribution in [0.2, 0.25) is 0 Å². The van der Waals surface area contributed by atoms with Crippen molar-refractivity contribution >= 4 is 39.9 Å². The summed E-state index contributed by atoms with van der Waals surface area (Å²) < 4.78 is 6.39. The fourth-order valence-corrected chi connectivity index (χ4v) is 2.30. The lowest BCUT2D eigenvalue weighted by Gasteiger charge is -2.09. The quantitative estimate of drug-likeness (QED) is 0.732. The third-order valence-corrected chi connectivity index (χ3v) is 3.71. The molecule has 0 saturated carbocycles. The van der Waals surface area contributed by atoms with Crippen molar-refractivity contribution < 1.29 is 9.53 Å². The number of anilines is 2. The molecule has 0 heterocycles. The molecule has 0 aliphatic rings. The first-order valence-electron chi connectivity index (χ1n) is 6.70. The monoisotopic (exact) mass is 396 g/mol. The molecule has 0 saturated heterocycles. The molecular formula is C16H17IN2O2. The maximum atomic E-state index is 11.9. The molecule has 0 atom stereocenters. The van der Waals surface area contributed by atoms with Crippen LogP contribution in [0.15, 0.2) is 48.5 Å². The molecule has 2 rings (SSSR count). The average molecular weight is 396 g/mol. The lowest BCUT2D eigenvalue weighted by molar-refractivity contribution is -0.114. The number of rotatable bonds is 6. The first-order chi connectivity index (χ1) is 10.2. The summed E-state index contributed by atoms with van der Waals surface area (Å²) in [6.07, 6.45) is 0. The number of para-hydroxylation sites is 1. The van der Waals surface area contributed by atoms with Gasteiger partial charge in [0, 0.05) is 9.26 Å². The van der Waals surface area contributed by atoms with Crippen LogP contribution in [0.25, 0.3) is 0 Å². The Balaban J connectivity index is 1.85. The van der Waals surface area contributed by atoms with Gasteiger partial charge >= 0.3 is 0 Å². The van der Waals surface area contributed by atoms with Crippen molar-refractivity contribution in [2.75, 3.05) is 23.8 Å². The third-order valence-electron chi connectivity index (χ3n) is 2.77. The van der Waals surface area contributed by atoms with Crippen molar-refractivity contribution in [3.8, 4) is 5.75 Å². The molecule has 0 bridgehead atoms. The summed E-state index contributed by atoms with van der Waals surface area (Å²) in [5.41, 5.74) is 1.72. The fraction of sp³-hybridized carbons (Fsp3) is 0.188. The fourth-order valence-electron chi connectivity index (χ4n) is 1.77. The molecular weight excluding hydrogens is 379 g/mol. The van der Waals surface area contributed by atoms with Gasteiger partial charge in [-0.1, -0.05) is 12.1 Å². The van der Waals surface area contributed by atoms with Crippen LogP contribution < -0.4 is 15.4 Å². The highest BCUT2D eigenvalue weighted by molar-refractivity contribution is 14.1. The zero-order valence-corrected chi connectivity index (χ0v) is 13.9. The molecule has 5 heteroatoms. The highest BCUT2D eigenvalue weighted by atomic mass is 127. The molecule has 110 valence electrons. The van der Waals surface area contributed by atoms with Gasteiger partial charge in [-0.05, 0) is 65.9 Å². The number of benzene rings is 2. The number of hydrogen-bond donors (Lipinski definition) is 2. The Morgan fingerprint density at radius 1 is 1.14 bits per heavy atom. The molecule has 1 amide bonds. The number of ether oxygens (including phenoxy) is 1. The van der Waals surface area contributed by atoms with E-state index < -0.39 is 0 Å². The van der Waals surface area contributed by atoms with Gasteiger partial charge in [0.2, 0.25) is 5.91 Å². The van der Waals surface area contributed by atoms with Gasteiger partial charge in [0.05, 0.1) is 18.8 Å². The van der Waals surface area contributed by atoms with E-state index in [0.29, 0.717) is 6.61 Å². The Morgan fingerprint density at radius 2 is 1.86 bits per heavy atom. The third kappa shape index (κ3) is 4.93.